The smallest absolute Gasteiger partial charge is 0.335 e. The molecule has 0 aliphatic heterocycles. The second-order valence-corrected chi connectivity index (χ2v) is 4.91. The van der Waals surface area contributed by atoms with Gasteiger partial charge in [-0.3, -0.25) is 4.79 Å². The molecule has 3 aromatic rings. The molecule has 1 aromatic heterocycles. The zero-order chi connectivity index (χ0) is 16.6. The Morgan fingerprint density at radius 1 is 1.17 bits per heavy atom. The molecule has 0 atom stereocenters. The van der Waals surface area contributed by atoms with E-state index in [2.05, 4.69) is 0 Å². The molecule has 0 aliphatic carbocycles. The second kappa shape index (κ2) is 5.49. The van der Waals surface area contributed by atoms with Gasteiger partial charge in [0.05, 0.1) is 10.9 Å². The van der Waals surface area contributed by atoms with Gasteiger partial charge in [0.2, 0.25) is 11.2 Å². The maximum atomic E-state index is 12.5. The summed E-state index contributed by atoms with van der Waals surface area (Å²) in [4.78, 5) is 23.3. The van der Waals surface area contributed by atoms with E-state index in [-0.39, 0.29) is 33.8 Å². The number of benzene rings is 2. The molecule has 0 saturated heterocycles. The van der Waals surface area contributed by atoms with Crippen LogP contribution < -0.4 is 15.3 Å². The van der Waals surface area contributed by atoms with Crippen molar-refractivity contribution in [2.24, 2.45) is 0 Å². The van der Waals surface area contributed by atoms with Gasteiger partial charge in [-0.25, -0.2) is 4.79 Å². The molecule has 3 rings (SSSR count). The molecule has 2 aromatic carbocycles. The van der Waals surface area contributed by atoms with Gasteiger partial charge in [0.1, 0.15) is 17.1 Å². The van der Waals surface area contributed by atoms with E-state index in [9.17, 15) is 14.7 Å². The highest BCUT2D eigenvalue weighted by Gasteiger charge is 2.14. The van der Waals surface area contributed by atoms with Crippen molar-refractivity contribution in [3.05, 3.63) is 64.0 Å². The van der Waals surface area contributed by atoms with Crippen molar-refractivity contribution >= 4 is 16.9 Å². The van der Waals surface area contributed by atoms with Crippen LogP contribution in [0.25, 0.3) is 11.0 Å². The highest BCUT2D eigenvalue weighted by molar-refractivity contribution is 5.87. The van der Waals surface area contributed by atoms with Crippen LogP contribution >= 0.6 is 0 Å². The monoisotopic (exact) mass is 311 g/mol. The quantitative estimate of drug-likeness (QED) is 0.798. The van der Waals surface area contributed by atoms with E-state index in [4.69, 9.17) is 14.3 Å². The van der Waals surface area contributed by atoms with E-state index >= 15 is 0 Å². The predicted molar refractivity (Wildman–Crippen MR) is 80.1 cm³/mol. The minimum Gasteiger partial charge on any atom is -0.872 e. The maximum Gasteiger partial charge on any atom is 0.335 e. The Balaban J connectivity index is 2.04. The molecule has 0 fully saturated rings. The zero-order valence-electron chi connectivity index (χ0n) is 12.0. The van der Waals surface area contributed by atoms with Crippen molar-refractivity contribution in [1.29, 1.82) is 0 Å². The molecule has 6 nitrogen and oxygen atoms in total. The van der Waals surface area contributed by atoms with E-state index in [1.165, 1.54) is 42.5 Å². The minimum atomic E-state index is -1.05. The molecular weight excluding hydrogens is 300 g/mol. The highest BCUT2D eigenvalue weighted by atomic mass is 16.5. The van der Waals surface area contributed by atoms with Crippen molar-refractivity contribution in [3.8, 4) is 17.2 Å². The first-order valence-electron chi connectivity index (χ1n) is 6.71. The first kappa shape index (κ1) is 14.6. The van der Waals surface area contributed by atoms with Gasteiger partial charge in [0.25, 0.3) is 0 Å². The number of carboxylic acid groups (broad SMARTS) is 1. The summed E-state index contributed by atoms with van der Waals surface area (Å²) in [6, 6.07) is 9.57. The van der Waals surface area contributed by atoms with Crippen LogP contribution in [0.2, 0.25) is 0 Å². The number of hydrogen-bond donors (Lipinski definition) is 1. The SMILES string of the molecule is Cc1oc2cc([O-])ccc2c(=O)c1Oc1ccc(C(=O)O)cc1. The maximum absolute atomic E-state index is 12.5. The Morgan fingerprint density at radius 3 is 2.52 bits per heavy atom. The Bertz CT molecular complexity index is 953. The Labute approximate surface area is 130 Å². The summed E-state index contributed by atoms with van der Waals surface area (Å²) in [7, 11) is 0. The van der Waals surface area contributed by atoms with Crippen LogP contribution in [0.4, 0.5) is 0 Å². The van der Waals surface area contributed by atoms with Crippen molar-refractivity contribution in [1.82, 2.24) is 0 Å². The molecule has 23 heavy (non-hydrogen) atoms. The lowest BCUT2D eigenvalue weighted by atomic mass is 10.2. The van der Waals surface area contributed by atoms with Crippen molar-refractivity contribution < 1.29 is 24.2 Å². The average molecular weight is 311 g/mol. The van der Waals surface area contributed by atoms with Gasteiger partial charge >= 0.3 is 5.97 Å². The Kier molecular flexibility index (Phi) is 3.50. The Hall–Kier alpha value is -3.28. The number of carboxylic acids is 1. The summed E-state index contributed by atoms with van der Waals surface area (Å²) in [5.74, 6) is -0.760. The van der Waals surface area contributed by atoms with Gasteiger partial charge in [-0.05, 0) is 43.3 Å². The molecule has 0 saturated carbocycles. The van der Waals surface area contributed by atoms with Gasteiger partial charge in [0, 0.05) is 0 Å². The summed E-state index contributed by atoms with van der Waals surface area (Å²) in [5.41, 5.74) is -0.0813. The molecule has 0 radical (unpaired) electrons. The molecule has 0 bridgehead atoms. The predicted octanol–water partition coefficient (Wildman–Crippen LogP) is 2.67. The fraction of sp³-hybridized carbons (Fsp3) is 0.0588. The van der Waals surface area contributed by atoms with Crippen LogP contribution in [0.3, 0.4) is 0 Å². The molecule has 116 valence electrons. The summed E-state index contributed by atoms with van der Waals surface area (Å²) >= 11 is 0. The second-order valence-electron chi connectivity index (χ2n) is 4.91. The number of ether oxygens (including phenoxy) is 1. The number of aromatic carboxylic acids is 1. The van der Waals surface area contributed by atoms with Crippen LogP contribution in [0.15, 0.2) is 51.7 Å². The normalized spacial score (nSPS) is 10.7. The molecule has 1 heterocycles. The van der Waals surface area contributed by atoms with Gasteiger partial charge in [0.15, 0.2) is 0 Å². The third kappa shape index (κ3) is 2.74. The van der Waals surface area contributed by atoms with E-state index in [0.717, 1.165) is 0 Å². The van der Waals surface area contributed by atoms with E-state index in [1.807, 2.05) is 0 Å². The lowest BCUT2D eigenvalue weighted by Gasteiger charge is -2.10. The third-order valence-corrected chi connectivity index (χ3v) is 3.31. The lowest BCUT2D eigenvalue weighted by molar-refractivity contribution is -0.268. The first-order chi connectivity index (χ1) is 11.0. The number of carbonyl (C=O) groups is 1. The van der Waals surface area contributed by atoms with Crippen LogP contribution in [0.5, 0.6) is 17.2 Å². The van der Waals surface area contributed by atoms with Crippen LogP contribution in [-0.2, 0) is 0 Å². The van der Waals surface area contributed by atoms with Crippen molar-refractivity contribution in [2.45, 2.75) is 6.92 Å². The molecule has 0 amide bonds. The summed E-state index contributed by atoms with van der Waals surface area (Å²) in [5, 5.41) is 20.4. The lowest BCUT2D eigenvalue weighted by Crippen LogP contribution is -2.08. The zero-order valence-corrected chi connectivity index (χ0v) is 12.0. The topological polar surface area (TPSA) is 99.8 Å². The minimum absolute atomic E-state index is 0.000719. The van der Waals surface area contributed by atoms with Crippen LogP contribution in [-0.4, -0.2) is 11.1 Å². The molecule has 6 heteroatoms. The van der Waals surface area contributed by atoms with Crippen molar-refractivity contribution in [2.75, 3.05) is 0 Å². The fourth-order valence-electron chi connectivity index (χ4n) is 2.17. The highest BCUT2D eigenvalue weighted by Crippen LogP contribution is 2.26. The number of fused-ring (bicyclic) bond motifs is 1. The van der Waals surface area contributed by atoms with Gasteiger partial charge in [-0.2, -0.15) is 0 Å². The third-order valence-electron chi connectivity index (χ3n) is 3.31. The molecule has 0 unspecified atom stereocenters. The van der Waals surface area contributed by atoms with E-state index < -0.39 is 11.4 Å². The molecule has 0 aliphatic rings. The first-order valence-corrected chi connectivity index (χ1v) is 6.71. The van der Waals surface area contributed by atoms with Gasteiger partial charge in [-0.15, -0.1) is 5.75 Å². The Morgan fingerprint density at radius 2 is 1.87 bits per heavy atom. The van der Waals surface area contributed by atoms with Crippen LogP contribution in [0.1, 0.15) is 16.1 Å². The average Bonchev–Trinajstić information content (AvgIpc) is 2.51. The number of aryl methyl sites for hydroxylation is 1. The largest absolute Gasteiger partial charge is 0.872 e. The van der Waals surface area contributed by atoms with Crippen LogP contribution in [0, 0.1) is 6.92 Å². The summed E-state index contributed by atoms with van der Waals surface area (Å²) in [6.07, 6.45) is 0. The fourth-order valence-corrected chi connectivity index (χ4v) is 2.17. The van der Waals surface area contributed by atoms with E-state index in [0.29, 0.717) is 5.75 Å². The van der Waals surface area contributed by atoms with Gasteiger partial charge < -0.3 is 19.4 Å². The number of rotatable bonds is 3. The number of hydrogen-bond acceptors (Lipinski definition) is 5. The van der Waals surface area contributed by atoms with Crippen molar-refractivity contribution in [3.63, 3.8) is 0 Å². The summed E-state index contributed by atoms with van der Waals surface area (Å²) < 4.78 is 11.0. The molecule has 1 N–H and O–H groups in total. The van der Waals surface area contributed by atoms with Gasteiger partial charge in [-0.1, -0.05) is 6.07 Å². The summed E-state index contributed by atoms with van der Waals surface area (Å²) in [6.45, 7) is 1.55. The van der Waals surface area contributed by atoms with E-state index in [1.54, 1.807) is 6.92 Å². The standard InChI is InChI=1S/C17H12O6/c1-9-16(23-12-5-2-10(3-6-12)17(20)21)15(19)13-7-4-11(18)8-14(13)22-9/h2-8,18H,1H3,(H,20,21)/p-1. The molecule has 0 spiro atoms. The molecular formula is C17H11O6-.